The first kappa shape index (κ1) is 24.7. The summed E-state index contributed by atoms with van der Waals surface area (Å²) in [5.74, 6) is 3.62. The van der Waals surface area contributed by atoms with E-state index in [-0.39, 0.29) is 0 Å². The Labute approximate surface area is 248 Å². The molecule has 0 radical (unpaired) electrons. The molecular formula is C38H38N4. The normalized spacial score (nSPS) is 25.0. The molecule has 4 unspecified atom stereocenters. The predicted octanol–water partition coefficient (Wildman–Crippen LogP) is 8.59. The van der Waals surface area contributed by atoms with Gasteiger partial charge in [0.2, 0.25) is 0 Å². The Balaban J connectivity index is 1.02. The van der Waals surface area contributed by atoms with Gasteiger partial charge in [0.15, 0.2) is 0 Å². The lowest BCUT2D eigenvalue weighted by Gasteiger charge is -2.20. The van der Waals surface area contributed by atoms with Crippen LogP contribution in [0.5, 0.6) is 0 Å². The van der Waals surface area contributed by atoms with Gasteiger partial charge in [-0.25, -0.2) is 0 Å². The number of benzene rings is 3. The van der Waals surface area contributed by atoms with E-state index >= 15 is 0 Å². The van der Waals surface area contributed by atoms with Crippen LogP contribution in [0.15, 0.2) is 85.2 Å². The van der Waals surface area contributed by atoms with Crippen molar-refractivity contribution in [2.24, 2.45) is 23.7 Å². The highest BCUT2D eigenvalue weighted by atomic mass is 15.2. The van der Waals surface area contributed by atoms with Crippen molar-refractivity contribution in [3.8, 4) is 22.3 Å². The van der Waals surface area contributed by atoms with Crippen molar-refractivity contribution < 1.29 is 0 Å². The van der Waals surface area contributed by atoms with E-state index in [9.17, 15) is 0 Å². The summed E-state index contributed by atoms with van der Waals surface area (Å²) in [7, 11) is 0. The second-order valence-corrected chi connectivity index (χ2v) is 13.4. The van der Waals surface area contributed by atoms with Gasteiger partial charge in [0, 0.05) is 60.7 Å². The van der Waals surface area contributed by atoms with Crippen LogP contribution in [0.1, 0.15) is 38.5 Å². The first-order valence-corrected chi connectivity index (χ1v) is 16.2. The molecule has 4 atom stereocenters. The van der Waals surface area contributed by atoms with Gasteiger partial charge in [0.05, 0.1) is 11.0 Å². The van der Waals surface area contributed by atoms with Crippen molar-refractivity contribution in [1.29, 1.82) is 0 Å². The highest BCUT2D eigenvalue weighted by molar-refractivity contribution is 6.11. The van der Waals surface area contributed by atoms with Crippen LogP contribution in [-0.4, -0.2) is 36.1 Å². The number of nitrogens with zero attached hydrogens (tertiary/aromatic N) is 4. The van der Waals surface area contributed by atoms with E-state index in [1.54, 1.807) is 0 Å². The van der Waals surface area contributed by atoms with E-state index in [4.69, 9.17) is 9.97 Å². The number of pyridine rings is 2. The molecule has 4 nitrogen and oxygen atoms in total. The van der Waals surface area contributed by atoms with Gasteiger partial charge in [-0.3, -0.25) is 9.97 Å². The van der Waals surface area contributed by atoms with Crippen molar-refractivity contribution in [2.75, 3.05) is 36.0 Å². The van der Waals surface area contributed by atoms with Gasteiger partial charge in [-0.15, -0.1) is 0 Å². The lowest BCUT2D eigenvalue weighted by molar-refractivity contribution is 0.494. The molecule has 0 amide bonds. The van der Waals surface area contributed by atoms with Crippen molar-refractivity contribution in [1.82, 2.24) is 9.97 Å². The van der Waals surface area contributed by atoms with Crippen LogP contribution in [0, 0.1) is 23.7 Å². The molecule has 0 N–H and O–H groups in total. The third-order valence-electron chi connectivity index (χ3n) is 11.2. The van der Waals surface area contributed by atoms with E-state index in [1.165, 1.54) is 98.3 Å². The Morgan fingerprint density at radius 3 is 1.21 bits per heavy atom. The molecule has 3 aromatic carbocycles. The van der Waals surface area contributed by atoms with Gasteiger partial charge in [-0.05, 0) is 108 Å². The first-order chi connectivity index (χ1) is 20.8. The first-order valence-electron chi connectivity index (χ1n) is 16.2. The van der Waals surface area contributed by atoms with Crippen molar-refractivity contribution >= 4 is 33.2 Å². The minimum atomic E-state index is 0.905. The Hall–Kier alpha value is -3.92. The maximum Gasteiger partial charge on any atom is 0.0970 e. The standard InChI is InChI=1S/C38H38N4/c1-3-27-21-41(22-28(27)4-1)31-11-7-25(8-12-31)33-17-19-39-37-35(33)15-16-36-34(18-20-40-38(36)37)26-9-13-32(14-10-26)42-23-29-5-2-6-30(29)24-42/h7-20,27-30H,1-6,21-24H2. The van der Waals surface area contributed by atoms with Crippen LogP contribution >= 0.6 is 0 Å². The molecule has 2 aliphatic heterocycles. The summed E-state index contributed by atoms with van der Waals surface area (Å²) in [6.45, 7) is 4.91. The van der Waals surface area contributed by atoms with Gasteiger partial charge in [-0.1, -0.05) is 49.2 Å². The van der Waals surface area contributed by atoms with Crippen LogP contribution in [0.25, 0.3) is 44.1 Å². The summed E-state index contributed by atoms with van der Waals surface area (Å²) in [4.78, 5) is 14.9. The van der Waals surface area contributed by atoms with Gasteiger partial charge in [0.1, 0.15) is 0 Å². The number of rotatable bonds is 4. The summed E-state index contributed by atoms with van der Waals surface area (Å²) in [5.41, 5.74) is 9.60. The van der Waals surface area contributed by atoms with Crippen molar-refractivity contribution in [3.05, 3.63) is 85.2 Å². The summed E-state index contributed by atoms with van der Waals surface area (Å²) in [6.07, 6.45) is 12.4. The Kier molecular flexibility index (Phi) is 5.77. The monoisotopic (exact) mass is 550 g/mol. The highest BCUT2D eigenvalue weighted by Crippen LogP contribution is 2.42. The number of hydrogen-bond donors (Lipinski definition) is 0. The minimum absolute atomic E-state index is 0.905. The fourth-order valence-electron chi connectivity index (χ4n) is 8.93. The molecule has 2 aliphatic carbocycles. The fraction of sp³-hybridized carbons (Fsp3) is 0.368. The molecule has 42 heavy (non-hydrogen) atoms. The van der Waals surface area contributed by atoms with Crippen molar-refractivity contribution in [2.45, 2.75) is 38.5 Å². The van der Waals surface area contributed by atoms with E-state index in [0.29, 0.717) is 0 Å². The largest absolute Gasteiger partial charge is 0.371 e. The number of fused-ring (bicyclic) bond motifs is 5. The minimum Gasteiger partial charge on any atom is -0.371 e. The molecule has 2 saturated heterocycles. The van der Waals surface area contributed by atoms with Gasteiger partial charge < -0.3 is 9.80 Å². The van der Waals surface area contributed by atoms with E-state index in [0.717, 1.165) is 45.5 Å². The SMILES string of the molecule is c1cc(-c2ccc(N3CC4CCCC4C3)cc2)c2ccc3c(-c4ccc(N5CC6CCCC6C5)cc4)ccnc3c2n1. The Morgan fingerprint density at radius 1 is 0.452 bits per heavy atom. The smallest absolute Gasteiger partial charge is 0.0970 e. The second-order valence-electron chi connectivity index (χ2n) is 13.4. The third kappa shape index (κ3) is 4.02. The van der Waals surface area contributed by atoms with Crippen LogP contribution in [0.3, 0.4) is 0 Å². The summed E-state index contributed by atoms with van der Waals surface area (Å²) >= 11 is 0. The quantitative estimate of drug-likeness (QED) is 0.210. The molecule has 4 heterocycles. The molecule has 2 aromatic heterocycles. The molecule has 0 spiro atoms. The number of hydrogen-bond acceptors (Lipinski definition) is 4. The van der Waals surface area contributed by atoms with Crippen LogP contribution in [-0.2, 0) is 0 Å². The summed E-state index contributed by atoms with van der Waals surface area (Å²) in [6, 6.07) is 27.2. The van der Waals surface area contributed by atoms with E-state index in [1.807, 2.05) is 12.4 Å². The van der Waals surface area contributed by atoms with Crippen LogP contribution in [0.4, 0.5) is 11.4 Å². The Bertz CT molecular complexity index is 1620. The number of aromatic nitrogens is 2. The molecular weight excluding hydrogens is 512 g/mol. The van der Waals surface area contributed by atoms with Crippen LogP contribution < -0.4 is 9.80 Å². The van der Waals surface area contributed by atoms with E-state index < -0.39 is 0 Å². The predicted molar refractivity (Wildman–Crippen MR) is 174 cm³/mol. The van der Waals surface area contributed by atoms with Gasteiger partial charge >= 0.3 is 0 Å². The van der Waals surface area contributed by atoms with Crippen molar-refractivity contribution in [3.63, 3.8) is 0 Å². The maximum absolute atomic E-state index is 4.86. The van der Waals surface area contributed by atoms with Crippen LogP contribution in [0.2, 0.25) is 0 Å². The summed E-state index contributed by atoms with van der Waals surface area (Å²) < 4.78 is 0. The molecule has 0 bridgehead atoms. The molecule has 4 aliphatic rings. The maximum atomic E-state index is 4.86. The zero-order valence-corrected chi connectivity index (χ0v) is 24.3. The Morgan fingerprint density at radius 2 is 0.833 bits per heavy atom. The third-order valence-corrected chi connectivity index (χ3v) is 11.2. The molecule has 9 rings (SSSR count). The van der Waals surface area contributed by atoms with Gasteiger partial charge in [-0.2, -0.15) is 0 Å². The van der Waals surface area contributed by atoms with E-state index in [2.05, 4.69) is 82.6 Å². The lowest BCUT2D eigenvalue weighted by atomic mass is 9.96. The molecule has 4 fully saturated rings. The average Bonchev–Trinajstić information content (AvgIpc) is 3.83. The highest BCUT2D eigenvalue weighted by Gasteiger charge is 2.37. The summed E-state index contributed by atoms with van der Waals surface area (Å²) in [5, 5.41) is 2.32. The molecule has 5 aromatic rings. The second kappa shape index (κ2) is 9.83. The molecule has 2 saturated carbocycles. The molecule has 210 valence electrons. The zero-order chi connectivity index (χ0) is 27.6. The lowest BCUT2D eigenvalue weighted by Crippen LogP contribution is -2.20. The van der Waals surface area contributed by atoms with Gasteiger partial charge in [0.25, 0.3) is 0 Å². The molecule has 4 heteroatoms. The zero-order valence-electron chi connectivity index (χ0n) is 24.3. The fourth-order valence-corrected chi connectivity index (χ4v) is 8.93. The number of anilines is 2. The average molecular weight is 551 g/mol. The topological polar surface area (TPSA) is 32.3 Å².